The zero-order valence-electron chi connectivity index (χ0n) is 12.2. The Kier molecular flexibility index (Phi) is 5.67. The van der Waals surface area contributed by atoms with Crippen LogP contribution in [-0.4, -0.2) is 41.1 Å². The maximum Gasteiger partial charge on any atom is 0.356 e. The van der Waals surface area contributed by atoms with E-state index in [1.807, 2.05) is 30.3 Å². The monoisotopic (exact) mass is 303 g/mol. The lowest BCUT2D eigenvalue weighted by molar-refractivity contribution is -0.177. The Morgan fingerprint density at radius 2 is 2.14 bits per heavy atom. The minimum absolute atomic E-state index is 0.283. The smallest absolute Gasteiger partial charge is 0.356 e. The topological polar surface area (TPSA) is 84.5 Å². The highest BCUT2D eigenvalue weighted by atomic mass is 16.7. The molecule has 2 aromatic rings. The summed E-state index contributed by atoms with van der Waals surface area (Å²) in [6, 6.07) is 9.53. The molecule has 0 bridgehead atoms. The Balaban J connectivity index is 1.87. The Morgan fingerprint density at radius 1 is 1.36 bits per heavy atom. The van der Waals surface area contributed by atoms with Gasteiger partial charge in [0, 0.05) is 6.42 Å². The first-order valence-electron chi connectivity index (χ1n) is 6.74. The molecule has 0 aliphatic rings. The van der Waals surface area contributed by atoms with E-state index in [-0.39, 0.29) is 12.2 Å². The summed E-state index contributed by atoms with van der Waals surface area (Å²) in [6.07, 6.45) is 2.40. The van der Waals surface area contributed by atoms with Crippen LogP contribution in [0.4, 0.5) is 0 Å². The number of ether oxygens (including phenoxy) is 1. The summed E-state index contributed by atoms with van der Waals surface area (Å²) < 4.78 is 4.65. The summed E-state index contributed by atoms with van der Waals surface area (Å²) in [6.45, 7) is 0.579. The van der Waals surface area contributed by atoms with E-state index in [2.05, 4.69) is 14.7 Å². The molecule has 1 aromatic carbocycles. The number of H-pyrrole nitrogens is 1. The third-order valence-corrected chi connectivity index (χ3v) is 3.03. The molecule has 0 atom stereocenters. The van der Waals surface area contributed by atoms with Crippen molar-refractivity contribution in [3.8, 4) is 0 Å². The number of hydrogen-bond donors (Lipinski definition) is 1. The summed E-state index contributed by atoms with van der Waals surface area (Å²) in [5, 5.41) is 1.18. The number of nitrogens with one attached hydrogen (secondary N) is 1. The molecular formula is C15H17N3O4. The van der Waals surface area contributed by atoms with Gasteiger partial charge in [-0.3, -0.25) is 9.63 Å². The molecule has 1 amide bonds. The molecule has 7 nitrogen and oxygen atoms in total. The molecule has 0 unspecified atom stereocenters. The van der Waals surface area contributed by atoms with Gasteiger partial charge in [-0.1, -0.05) is 30.3 Å². The number of carbonyl (C=O) groups is 2. The highest BCUT2D eigenvalue weighted by Crippen LogP contribution is 2.07. The van der Waals surface area contributed by atoms with Crippen LogP contribution in [0.5, 0.6) is 0 Å². The number of carbonyl (C=O) groups excluding carboxylic acids is 2. The Hall–Kier alpha value is -2.67. The van der Waals surface area contributed by atoms with Gasteiger partial charge >= 0.3 is 5.97 Å². The molecule has 0 aliphatic carbocycles. The number of hydrogen-bond acceptors (Lipinski definition) is 5. The largest absolute Gasteiger partial charge is 0.464 e. The zero-order valence-corrected chi connectivity index (χ0v) is 12.2. The van der Waals surface area contributed by atoms with Crippen molar-refractivity contribution in [2.75, 3.05) is 13.7 Å². The van der Waals surface area contributed by atoms with E-state index in [4.69, 9.17) is 4.84 Å². The third-order valence-electron chi connectivity index (χ3n) is 3.03. The summed E-state index contributed by atoms with van der Waals surface area (Å²) in [7, 11) is 1.30. The van der Waals surface area contributed by atoms with Gasteiger partial charge in [0.2, 0.25) is 6.41 Å². The van der Waals surface area contributed by atoms with Crippen LogP contribution in [0.2, 0.25) is 0 Å². The van der Waals surface area contributed by atoms with Gasteiger partial charge in [0.15, 0.2) is 0 Å². The first kappa shape index (κ1) is 15.7. The van der Waals surface area contributed by atoms with Crippen molar-refractivity contribution in [3.05, 3.63) is 53.6 Å². The normalized spacial score (nSPS) is 10.2. The molecule has 1 heterocycles. The fraction of sp³-hybridized carbons (Fsp3) is 0.267. The van der Waals surface area contributed by atoms with Crippen LogP contribution < -0.4 is 0 Å². The van der Waals surface area contributed by atoms with Gasteiger partial charge in [0.1, 0.15) is 12.3 Å². The predicted octanol–water partition coefficient (Wildman–Crippen LogP) is 1.33. The van der Waals surface area contributed by atoms with Crippen molar-refractivity contribution < 1.29 is 19.2 Å². The molecule has 0 saturated heterocycles. The number of aromatic nitrogens is 2. The number of benzene rings is 1. The third kappa shape index (κ3) is 4.16. The predicted molar refractivity (Wildman–Crippen MR) is 77.6 cm³/mol. The molecule has 1 N–H and O–H groups in total. The molecule has 0 spiro atoms. The van der Waals surface area contributed by atoms with Crippen molar-refractivity contribution >= 4 is 12.4 Å². The maximum absolute atomic E-state index is 11.5. The molecule has 1 aromatic heterocycles. The van der Waals surface area contributed by atoms with Crippen molar-refractivity contribution in [2.45, 2.75) is 13.0 Å². The van der Waals surface area contributed by atoms with Crippen LogP contribution in [0.15, 0.2) is 36.7 Å². The minimum Gasteiger partial charge on any atom is -0.464 e. The maximum atomic E-state index is 11.5. The van der Waals surface area contributed by atoms with Crippen LogP contribution in [-0.2, 0) is 27.4 Å². The molecule has 0 radical (unpaired) electrons. The Labute approximate surface area is 127 Å². The molecule has 22 heavy (non-hydrogen) atoms. The van der Waals surface area contributed by atoms with Gasteiger partial charge in [0.25, 0.3) is 0 Å². The SMILES string of the molecule is COC(=O)c1[nH]cnc1CCN(C=O)OCc1ccccc1. The first-order chi connectivity index (χ1) is 10.7. The van der Waals surface area contributed by atoms with Crippen LogP contribution in [0.1, 0.15) is 21.7 Å². The second-order valence-corrected chi connectivity index (χ2v) is 4.47. The van der Waals surface area contributed by atoms with Gasteiger partial charge in [-0.25, -0.2) is 14.8 Å². The summed E-state index contributed by atoms with van der Waals surface area (Å²) in [5.74, 6) is -0.490. The van der Waals surface area contributed by atoms with Crippen molar-refractivity contribution in [1.82, 2.24) is 15.0 Å². The van der Waals surface area contributed by atoms with Crippen molar-refractivity contribution in [2.24, 2.45) is 0 Å². The van der Waals surface area contributed by atoms with Crippen LogP contribution in [0, 0.1) is 0 Å². The molecular weight excluding hydrogens is 286 g/mol. The number of imidazole rings is 1. The van der Waals surface area contributed by atoms with Gasteiger partial charge in [-0.15, -0.1) is 0 Å². The number of methoxy groups -OCH3 is 1. The van der Waals surface area contributed by atoms with Gasteiger partial charge < -0.3 is 9.72 Å². The fourth-order valence-corrected chi connectivity index (χ4v) is 1.89. The summed E-state index contributed by atoms with van der Waals surface area (Å²) in [5.41, 5.74) is 1.78. The molecule has 0 aliphatic heterocycles. The van der Waals surface area contributed by atoms with E-state index >= 15 is 0 Å². The Bertz CT molecular complexity index is 612. The van der Waals surface area contributed by atoms with Gasteiger partial charge in [0.05, 0.1) is 25.7 Å². The molecule has 7 heteroatoms. The van der Waals surface area contributed by atoms with Crippen molar-refractivity contribution in [3.63, 3.8) is 0 Å². The van der Waals surface area contributed by atoms with Crippen LogP contribution in [0.25, 0.3) is 0 Å². The number of aromatic amines is 1. The number of rotatable bonds is 8. The number of nitrogens with zero attached hydrogens (tertiary/aromatic N) is 2. The number of amides is 1. The van der Waals surface area contributed by atoms with Gasteiger partial charge in [-0.2, -0.15) is 0 Å². The van der Waals surface area contributed by atoms with E-state index in [1.54, 1.807) is 0 Å². The zero-order chi connectivity index (χ0) is 15.8. The van der Waals surface area contributed by atoms with Gasteiger partial charge in [-0.05, 0) is 5.56 Å². The molecule has 116 valence electrons. The minimum atomic E-state index is -0.490. The van der Waals surface area contributed by atoms with E-state index in [0.29, 0.717) is 25.1 Å². The molecule has 0 fully saturated rings. The van der Waals surface area contributed by atoms with E-state index in [1.165, 1.54) is 18.5 Å². The highest BCUT2D eigenvalue weighted by Gasteiger charge is 2.15. The lowest BCUT2D eigenvalue weighted by Crippen LogP contribution is -2.25. The number of hydroxylamine groups is 2. The standard InChI is InChI=1S/C15H17N3O4/c1-21-15(20)14-13(16-10-17-14)7-8-18(11-19)22-9-12-5-3-2-4-6-12/h2-6,10-11H,7-9H2,1H3,(H,16,17). The van der Waals surface area contributed by atoms with Crippen LogP contribution >= 0.6 is 0 Å². The lowest BCUT2D eigenvalue weighted by atomic mass is 10.2. The fourth-order valence-electron chi connectivity index (χ4n) is 1.89. The van der Waals surface area contributed by atoms with E-state index < -0.39 is 5.97 Å². The lowest BCUT2D eigenvalue weighted by Gasteiger charge is -2.16. The van der Waals surface area contributed by atoms with Crippen molar-refractivity contribution in [1.29, 1.82) is 0 Å². The number of esters is 1. The average Bonchev–Trinajstić information content (AvgIpc) is 3.04. The molecule has 0 saturated carbocycles. The Morgan fingerprint density at radius 3 is 2.82 bits per heavy atom. The summed E-state index contributed by atoms with van der Waals surface area (Å²) >= 11 is 0. The highest BCUT2D eigenvalue weighted by molar-refractivity contribution is 5.88. The second-order valence-electron chi connectivity index (χ2n) is 4.47. The van der Waals surface area contributed by atoms with E-state index in [0.717, 1.165) is 5.56 Å². The van der Waals surface area contributed by atoms with Crippen LogP contribution in [0.3, 0.4) is 0 Å². The summed E-state index contributed by atoms with van der Waals surface area (Å²) in [4.78, 5) is 34.7. The van der Waals surface area contributed by atoms with E-state index in [9.17, 15) is 9.59 Å². The average molecular weight is 303 g/mol. The second kappa shape index (κ2) is 7.94. The quantitative estimate of drug-likeness (QED) is 0.452. The first-order valence-corrected chi connectivity index (χ1v) is 6.74. The molecule has 2 rings (SSSR count).